The van der Waals surface area contributed by atoms with Crippen LogP contribution in [-0.2, 0) is 0 Å². The number of rotatable bonds is 3. The number of hydrogen-bond donors (Lipinski definition) is 2. The summed E-state index contributed by atoms with van der Waals surface area (Å²) in [5.74, 6) is -1.35. The van der Waals surface area contributed by atoms with Gasteiger partial charge in [-0.05, 0) is 30.9 Å². The molecule has 0 spiro atoms. The third-order valence-electron chi connectivity index (χ3n) is 3.66. The molecule has 6 heteroatoms. The molecule has 2 atom stereocenters. The minimum atomic E-state index is -0.990. The molecule has 1 aliphatic rings. The van der Waals surface area contributed by atoms with Crippen LogP contribution in [0.4, 0.5) is 8.78 Å². The summed E-state index contributed by atoms with van der Waals surface area (Å²) >= 11 is 5.74. The molecular formula is C13H17Cl2F2NO. The topological polar surface area (TPSA) is 46.2 Å². The first-order valence-electron chi connectivity index (χ1n) is 6.09. The minimum absolute atomic E-state index is 0. The summed E-state index contributed by atoms with van der Waals surface area (Å²) in [5, 5.41) is 9.80. The Labute approximate surface area is 122 Å². The summed E-state index contributed by atoms with van der Waals surface area (Å²) in [6, 6.07) is 0.949. The van der Waals surface area contributed by atoms with Gasteiger partial charge in [0, 0.05) is 5.56 Å². The molecule has 2 nitrogen and oxygen atoms in total. The van der Waals surface area contributed by atoms with Crippen molar-refractivity contribution in [3.05, 3.63) is 34.4 Å². The zero-order valence-corrected chi connectivity index (χ0v) is 11.9. The van der Waals surface area contributed by atoms with Crippen LogP contribution in [0.5, 0.6) is 0 Å². The van der Waals surface area contributed by atoms with Crippen LogP contribution < -0.4 is 5.73 Å². The van der Waals surface area contributed by atoms with E-state index in [-0.39, 0.29) is 28.9 Å². The average molecular weight is 312 g/mol. The van der Waals surface area contributed by atoms with Gasteiger partial charge in [0.1, 0.15) is 11.6 Å². The van der Waals surface area contributed by atoms with E-state index in [0.717, 1.165) is 37.8 Å². The predicted octanol–water partition coefficient (Wildman–Crippen LogP) is 3.59. The number of halogens is 4. The van der Waals surface area contributed by atoms with Crippen LogP contribution in [0, 0.1) is 17.6 Å². The molecule has 1 saturated carbocycles. The summed E-state index contributed by atoms with van der Waals surface area (Å²) in [7, 11) is 0. The van der Waals surface area contributed by atoms with Gasteiger partial charge in [0.05, 0.1) is 17.2 Å². The molecule has 0 unspecified atom stereocenters. The third-order valence-corrected chi connectivity index (χ3v) is 4.05. The monoisotopic (exact) mass is 311 g/mol. The second-order valence-electron chi connectivity index (χ2n) is 4.82. The number of nitrogens with two attached hydrogens (primary N) is 1. The lowest BCUT2D eigenvalue weighted by molar-refractivity contribution is 0.0832. The predicted molar refractivity (Wildman–Crippen MR) is 73.5 cm³/mol. The van der Waals surface area contributed by atoms with Crippen molar-refractivity contribution in [1.29, 1.82) is 0 Å². The third kappa shape index (κ3) is 3.37. The largest absolute Gasteiger partial charge is 0.391 e. The van der Waals surface area contributed by atoms with Crippen LogP contribution in [0.2, 0.25) is 5.02 Å². The molecule has 0 amide bonds. The van der Waals surface area contributed by atoms with Gasteiger partial charge in [-0.25, -0.2) is 8.78 Å². The van der Waals surface area contributed by atoms with E-state index in [1.165, 1.54) is 0 Å². The Balaban J connectivity index is 0.00000180. The van der Waals surface area contributed by atoms with E-state index < -0.39 is 23.8 Å². The molecule has 19 heavy (non-hydrogen) atoms. The van der Waals surface area contributed by atoms with E-state index in [2.05, 4.69) is 0 Å². The normalized spacial score (nSPS) is 19.0. The van der Waals surface area contributed by atoms with Crippen molar-refractivity contribution in [1.82, 2.24) is 0 Å². The Kier molecular flexibility index (Phi) is 5.99. The number of aliphatic hydroxyl groups is 1. The smallest absolute Gasteiger partial charge is 0.142 e. The first-order chi connectivity index (χ1) is 8.52. The molecule has 1 aliphatic carbocycles. The molecule has 0 bridgehead atoms. The lowest BCUT2D eigenvalue weighted by Crippen LogP contribution is -2.33. The van der Waals surface area contributed by atoms with E-state index >= 15 is 0 Å². The fraction of sp³-hybridized carbons (Fsp3) is 0.538. The van der Waals surface area contributed by atoms with Crippen molar-refractivity contribution >= 4 is 24.0 Å². The van der Waals surface area contributed by atoms with Gasteiger partial charge in [-0.3, -0.25) is 0 Å². The van der Waals surface area contributed by atoms with E-state index in [9.17, 15) is 13.9 Å². The van der Waals surface area contributed by atoms with Gasteiger partial charge in [0.25, 0.3) is 0 Å². The van der Waals surface area contributed by atoms with E-state index in [1.807, 2.05) is 0 Å². The van der Waals surface area contributed by atoms with Gasteiger partial charge in [0.2, 0.25) is 0 Å². The van der Waals surface area contributed by atoms with Crippen LogP contribution >= 0.6 is 24.0 Å². The highest BCUT2D eigenvalue weighted by atomic mass is 35.5. The first kappa shape index (κ1) is 16.6. The minimum Gasteiger partial charge on any atom is -0.391 e. The molecule has 0 radical (unpaired) electrons. The van der Waals surface area contributed by atoms with Crippen LogP contribution in [0.15, 0.2) is 12.1 Å². The van der Waals surface area contributed by atoms with Gasteiger partial charge < -0.3 is 10.8 Å². The SMILES string of the molecule is Cl.N[C@@H](c1c(F)ccc(F)c1Cl)[C@H](O)C1CCCC1. The maximum atomic E-state index is 13.7. The zero-order chi connectivity index (χ0) is 13.3. The number of benzene rings is 1. The lowest BCUT2D eigenvalue weighted by atomic mass is 9.90. The summed E-state index contributed by atoms with van der Waals surface area (Å²) in [5.41, 5.74) is 5.72. The standard InChI is InChI=1S/C13H16ClF2NO.ClH/c14-11-9(16)6-5-8(15)10(11)12(17)13(18)7-3-1-2-4-7;/h5-7,12-13,18H,1-4,17H2;1H/t12-,13+;/m0./s1. The quantitative estimate of drug-likeness (QED) is 0.838. The molecule has 0 aliphatic heterocycles. The summed E-state index contributed by atoms with van der Waals surface area (Å²) < 4.78 is 27.0. The highest BCUT2D eigenvalue weighted by Crippen LogP contribution is 2.36. The summed E-state index contributed by atoms with van der Waals surface area (Å²) in [4.78, 5) is 0. The molecular weight excluding hydrogens is 295 g/mol. The van der Waals surface area contributed by atoms with Gasteiger partial charge in [-0.15, -0.1) is 12.4 Å². The van der Waals surface area contributed by atoms with Crippen molar-refractivity contribution in [2.75, 3.05) is 0 Å². The Morgan fingerprint density at radius 3 is 2.32 bits per heavy atom. The molecule has 0 saturated heterocycles. The molecule has 1 aromatic rings. The number of hydrogen-bond acceptors (Lipinski definition) is 2. The molecule has 2 rings (SSSR count). The highest BCUT2D eigenvalue weighted by molar-refractivity contribution is 6.31. The van der Waals surface area contributed by atoms with Crippen LogP contribution in [0.25, 0.3) is 0 Å². The van der Waals surface area contributed by atoms with Crippen molar-refractivity contribution in [3.63, 3.8) is 0 Å². The second-order valence-corrected chi connectivity index (χ2v) is 5.20. The van der Waals surface area contributed by atoms with Crippen LogP contribution in [-0.4, -0.2) is 11.2 Å². The molecule has 0 aromatic heterocycles. The van der Waals surface area contributed by atoms with Gasteiger partial charge in [0.15, 0.2) is 0 Å². The molecule has 3 N–H and O–H groups in total. The van der Waals surface area contributed by atoms with Gasteiger partial charge in [-0.1, -0.05) is 24.4 Å². The zero-order valence-electron chi connectivity index (χ0n) is 10.3. The van der Waals surface area contributed by atoms with Crippen molar-refractivity contribution < 1.29 is 13.9 Å². The molecule has 108 valence electrons. The fourth-order valence-corrected chi connectivity index (χ4v) is 2.89. The average Bonchev–Trinajstić information content (AvgIpc) is 2.87. The van der Waals surface area contributed by atoms with Gasteiger partial charge in [-0.2, -0.15) is 0 Å². The Morgan fingerprint density at radius 1 is 1.21 bits per heavy atom. The molecule has 1 fully saturated rings. The highest BCUT2D eigenvalue weighted by Gasteiger charge is 2.31. The Bertz CT molecular complexity index is 439. The van der Waals surface area contributed by atoms with E-state index in [4.69, 9.17) is 17.3 Å². The second kappa shape index (κ2) is 6.84. The lowest BCUT2D eigenvalue weighted by Gasteiger charge is -2.25. The molecule has 0 heterocycles. The fourth-order valence-electron chi connectivity index (χ4n) is 2.61. The Morgan fingerprint density at radius 2 is 1.74 bits per heavy atom. The van der Waals surface area contributed by atoms with Gasteiger partial charge >= 0.3 is 0 Å². The first-order valence-corrected chi connectivity index (χ1v) is 6.47. The summed E-state index contributed by atoms with van der Waals surface area (Å²) in [6.45, 7) is 0. The maximum Gasteiger partial charge on any atom is 0.142 e. The summed E-state index contributed by atoms with van der Waals surface area (Å²) in [6.07, 6.45) is 2.91. The van der Waals surface area contributed by atoms with Crippen LogP contribution in [0.3, 0.4) is 0 Å². The van der Waals surface area contributed by atoms with E-state index in [0.29, 0.717) is 0 Å². The molecule has 1 aromatic carbocycles. The number of aliphatic hydroxyl groups excluding tert-OH is 1. The maximum absolute atomic E-state index is 13.7. The van der Waals surface area contributed by atoms with Crippen molar-refractivity contribution in [2.45, 2.75) is 37.8 Å². The van der Waals surface area contributed by atoms with Crippen LogP contribution in [0.1, 0.15) is 37.3 Å². The van der Waals surface area contributed by atoms with E-state index in [1.54, 1.807) is 0 Å². The van der Waals surface area contributed by atoms with Crippen molar-refractivity contribution in [3.8, 4) is 0 Å². The van der Waals surface area contributed by atoms with Crippen molar-refractivity contribution in [2.24, 2.45) is 11.7 Å². The Hall–Kier alpha value is -0.420.